The van der Waals surface area contributed by atoms with Crippen LogP contribution >= 0.6 is 0 Å². The molecular formula is C12H21NO2SSi. The third-order valence-corrected chi connectivity index (χ3v) is 10.6. The molecule has 5 heteroatoms. The molecule has 96 valence electrons. The zero-order chi connectivity index (χ0) is 13.1. The fourth-order valence-corrected chi connectivity index (χ4v) is 7.89. The third-order valence-electron chi connectivity index (χ3n) is 3.80. The standard InChI is InChI=1S/C12H21NO2SSi/c1-4-17(5-2,6-3)12-10-8-7-9-11(12)16(13,14)15/h7-10H,4-6H2,1-3H3,(H2,13,14,15). The highest BCUT2D eigenvalue weighted by Crippen LogP contribution is 2.23. The van der Waals surface area contributed by atoms with Crippen molar-refractivity contribution in [3.8, 4) is 0 Å². The maximum absolute atomic E-state index is 11.6. The molecule has 0 unspecified atom stereocenters. The second kappa shape index (κ2) is 5.33. The van der Waals surface area contributed by atoms with Gasteiger partial charge in [0.2, 0.25) is 10.0 Å². The third kappa shape index (κ3) is 2.78. The Morgan fingerprint density at radius 2 is 1.53 bits per heavy atom. The molecule has 17 heavy (non-hydrogen) atoms. The number of benzene rings is 1. The summed E-state index contributed by atoms with van der Waals surface area (Å²) >= 11 is 0. The Morgan fingerprint density at radius 3 is 1.94 bits per heavy atom. The molecule has 0 aromatic heterocycles. The molecule has 1 rings (SSSR count). The molecule has 0 fully saturated rings. The topological polar surface area (TPSA) is 60.2 Å². The number of nitrogens with two attached hydrogens (primary N) is 1. The van der Waals surface area contributed by atoms with Gasteiger partial charge < -0.3 is 0 Å². The fraction of sp³-hybridized carbons (Fsp3) is 0.500. The van der Waals surface area contributed by atoms with Gasteiger partial charge in [0.25, 0.3) is 0 Å². The van der Waals surface area contributed by atoms with Crippen LogP contribution in [-0.2, 0) is 10.0 Å². The van der Waals surface area contributed by atoms with Crippen LogP contribution in [0.5, 0.6) is 0 Å². The lowest BCUT2D eigenvalue weighted by Crippen LogP contribution is -2.48. The van der Waals surface area contributed by atoms with E-state index in [1.807, 2.05) is 12.1 Å². The van der Waals surface area contributed by atoms with E-state index in [9.17, 15) is 8.42 Å². The van der Waals surface area contributed by atoms with E-state index in [4.69, 9.17) is 5.14 Å². The minimum absolute atomic E-state index is 0.331. The van der Waals surface area contributed by atoms with Gasteiger partial charge in [0.15, 0.2) is 0 Å². The highest BCUT2D eigenvalue weighted by atomic mass is 32.2. The quantitative estimate of drug-likeness (QED) is 0.833. The van der Waals surface area contributed by atoms with Crippen molar-refractivity contribution in [1.29, 1.82) is 0 Å². The van der Waals surface area contributed by atoms with Gasteiger partial charge in [0.1, 0.15) is 0 Å². The minimum atomic E-state index is -3.61. The summed E-state index contributed by atoms with van der Waals surface area (Å²) in [6, 6.07) is 10.4. The molecule has 0 heterocycles. The molecular weight excluding hydrogens is 250 g/mol. The number of primary sulfonamides is 1. The zero-order valence-corrected chi connectivity index (χ0v) is 12.5. The van der Waals surface area contributed by atoms with Crippen molar-refractivity contribution in [2.45, 2.75) is 43.8 Å². The van der Waals surface area contributed by atoms with Crippen LogP contribution in [0, 0.1) is 0 Å². The number of hydrogen-bond acceptors (Lipinski definition) is 2. The van der Waals surface area contributed by atoms with Gasteiger partial charge in [-0.25, -0.2) is 13.6 Å². The SMILES string of the molecule is CC[Si](CC)(CC)c1ccccc1S(N)(=O)=O. The average molecular weight is 271 g/mol. The molecule has 0 aliphatic rings. The molecule has 1 aromatic rings. The first-order valence-electron chi connectivity index (χ1n) is 6.03. The predicted molar refractivity (Wildman–Crippen MR) is 74.6 cm³/mol. The first-order chi connectivity index (χ1) is 7.91. The lowest BCUT2D eigenvalue weighted by atomic mass is 10.4. The Bertz CT molecular complexity index is 473. The molecule has 0 aliphatic heterocycles. The molecule has 2 N–H and O–H groups in total. The normalized spacial score (nSPS) is 12.7. The van der Waals surface area contributed by atoms with E-state index in [1.165, 1.54) is 0 Å². The van der Waals surface area contributed by atoms with Crippen LogP contribution in [0.3, 0.4) is 0 Å². The van der Waals surface area contributed by atoms with Gasteiger partial charge in [0, 0.05) is 0 Å². The zero-order valence-electron chi connectivity index (χ0n) is 10.7. The van der Waals surface area contributed by atoms with Crippen molar-refractivity contribution in [1.82, 2.24) is 0 Å². The summed E-state index contributed by atoms with van der Waals surface area (Å²) < 4.78 is 23.3. The van der Waals surface area contributed by atoms with Crippen LogP contribution in [0.4, 0.5) is 0 Å². The van der Waals surface area contributed by atoms with E-state index < -0.39 is 18.1 Å². The van der Waals surface area contributed by atoms with Gasteiger partial charge in [-0.2, -0.15) is 0 Å². The smallest absolute Gasteiger partial charge is 0.225 e. The number of hydrogen-bond donors (Lipinski definition) is 1. The van der Waals surface area contributed by atoms with Gasteiger partial charge in [-0.1, -0.05) is 57.1 Å². The van der Waals surface area contributed by atoms with Crippen molar-refractivity contribution in [3.05, 3.63) is 24.3 Å². The molecule has 0 saturated carbocycles. The molecule has 0 bridgehead atoms. The van der Waals surface area contributed by atoms with Gasteiger partial charge in [-0.15, -0.1) is 0 Å². The largest absolute Gasteiger partial charge is 0.237 e. The monoisotopic (exact) mass is 271 g/mol. The molecule has 0 saturated heterocycles. The van der Waals surface area contributed by atoms with Crippen molar-refractivity contribution >= 4 is 23.3 Å². The maximum Gasteiger partial charge on any atom is 0.237 e. The van der Waals surface area contributed by atoms with E-state index in [2.05, 4.69) is 20.8 Å². The van der Waals surface area contributed by atoms with Gasteiger partial charge in [0.05, 0.1) is 13.0 Å². The van der Waals surface area contributed by atoms with Crippen LogP contribution in [0.25, 0.3) is 0 Å². The predicted octanol–water partition coefficient (Wildman–Crippen LogP) is 2.05. The van der Waals surface area contributed by atoms with E-state index in [0.717, 1.165) is 23.3 Å². The van der Waals surface area contributed by atoms with Crippen molar-refractivity contribution < 1.29 is 8.42 Å². The highest BCUT2D eigenvalue weighted by molar-refractivity contribution is 7.89. The molecule has 0 aliphatic carbocycles. The summed E-state index contributed by atoms with van der Waals surface area (Å²) in [5, 5.41) is 6.31. The number of sulfonamides is 1. The Kier molecular flexibility index (Phi) is 4.52. The summed E-state index contributed by atoms with van der Waals surface area (Å²) in [6.07, 6.45) is 0. The first kappa shape index (κ1) is 14.4. The molecule has 0 radical (unpaired) electrons. The molecule has 0 spiro atoms. The van der Waals surface area contributed by atoms with Crippen LogP contribution in [-0.4, -0.2) is 16.5 Å². The molecule has 3 nitrogen and oxygen atoms in total. The van der Waals surface area contributed by atoms with Gasteiger partial charge >= 0.3 is 0 Å². The summed E-state index contributed by atoms with van der Waals surface area (Å²) in [6.45, 7) is 6.46. The fourth-order valence-electron chi connectivity index (χ4n) is 2.47. The molecule has 1 aromatic carbocycles. The van der Waals surface area contributed by atoms with Crippen LogP contribution in [0.2, 0.25) is 18.1 Å². The Morgan fingerprint density at radius 1 is 1.06 bits per heavy atom. The van der Waals surface area contributed by atoms with Gasteiger partial charge in [-0.05, 0) is 11.3 Å². The van der Waals surface area contributed by atoms with Crippen molar-refractivity contribution in [3.63, 3.8) is 0 Å². The van der Waals surface area contributed by atoms with Crippen LogP contribution in [0.1, 0.15) is 20.8 Å². The Labute approximate surface area is 105 Å². The Hall–Kier alpha value is -0.653. The van der Waals surface area contributed by atoms with E-state index in [-0.39, 0.29) is 0 Å². The lowest BCUT2D eigenvalue weighted by Gasteiger charge is -2.30. The van der Waals surface area contributed by atoms with Crippen LogP contribution < -0.4 is 10.3 Å². The lowest BCUT2D eigenvalue weighted by molar-refractivity contribution is 0.598. The summed E-state index contributed by atoms with van der Waals surface area (Å²) in [5.41, 5.74) is 0. The summed E-state index contributed by atoms with van der Waals surface area (Å²) in [5.74, 6) is 0. The van der Waals surface area contributed by atoms with Crippen LogP contribution in [0.15, 0.2) is 29.2 Å². The second-order valence-electron chi connectivity index (χ2n) is 4.38. The second-order valence-corrected chi connectivity index (χ2v) is 11.1. The summed E-state index contributed by atoms with van der Waals surface area (Å²) in [7, 11) is -5.32. The maximum atomic E-state index is 11.6. The van der Waals surface area contributed by atoms with Crippen molar-refractivity contribution in [2.24, 2.45) is 5.14 Å². The Balaban J connectivity index is 3.50. The van der Waals surface area contributed by atoms with E-state index in [1.54, 1.807) is 12.1 Å². The highest BCUT2D eigenvalue weighted by Gasteiger charge is 2.33. The minimum Gasteiger partial charge on any atom is -0.225 e. The molecule has 0 atom stereocenters. The van der Waals surface area contributed by atoms with E-state index >= 15 is 0 Å². The first-order valence-corrected chi connectivity index (χ1v) is 10.2. The molecule has 0 amide bonds. The summed E-state index contributed by atoms with van der Waals surface area (Å²) in [4.78, 5) is 0.331. The van der Waals surface area contributed by atoms with Gasteiger partial charge in [-0.3, -0.25) is 0 Å². The number of rotatable bonds is 5. The average Bonchev–Trinajstić information content (AvgIpc) is 2.31. The van der Waals surface area contributed by atoms with E-state index in [0.29, 0.717) is 4.90 Å². The van der Waals surface area contributed by atoms with Crippen molar-refractivity contribution in [2.75, 3.05) is 0 Å².